The number of nitrogens with zero attached hydrogens (tertiary/aromatic N) is 9. The first-order valence-electron chi connectivity index (χ1n) is 17.5. The lowest BCUT2D eigenvalue weighted by molar-refractivity contribution is -0.358. The molecule has 3 saturated heterocycles. The maximum atomic E-state index is 10.9. The zero-order valence-electron chi connectivity index (χ0n) is 29.4. The van der Waals surface area contributed by atoms with Crippen molar-refractivity contribution in [3.8, 4) is 0 Å². The van der Waals surface area contributed by atoms with Crippen molar-refractivity contribution in [1.82, 2.24) is 45.0 Å². The standard InChI is InChI=1S/C30H45Cl2N9O14/c1-2-3-39-4-16(35-36-39)12-51-28-26(48)24(46)21(43)17(52-28)7-40-5-14(33-37-40)10-50-11-15-6-41(38-34-15)8-18-22(44)27(49)30(13-31,54-18)55-29-25(47)23(45)20(32)19(9-42)53-29/h4-6,17-29,42-49H,2-3,7-13H2,1H3/t17-,18-,19-,20+,21-,22-,23+,24+,25-,26+,27+,28+,29-,30+/m1/s1. The molecule has 6 rings (SSSR count). The van der Waals surface area contributed by atoms with Gasteiger partial charge in [0.15, 0.2) is 12.6 Å². The predicted octanol–water partition coefficient (Wildman–Crippen LogP) is -4.27. The smallest absolute Gasteiger partial charge is 0.214 e. The summed E-state index contributed by atoms with van der Waals surface area (Å²) in [6, 6.07) is 0. The summed E-state index contributed by atoms with van der Waals surface area (Å²) in [5.41, 5.74) is 1.32. The molecule has 3 aliphatic heterocycles. The van der Waals surface area contributed by atoms with E-state index >= 15 is 0 Å². The van der Waals surface area contributed by atoms with Crippen molar-refractivity contribution in [2.24, 2.45) is 0 Å². The van der Waals surface area contributed by atoms with E-state index in [1.807, 2.05) is 6.92 Å². The molecular formula is C30H45Cl2N9O14. The van der Waals surface area contributed by atoms with Crippen LogP contribution in [-0.4, -0.2) is 183 Å². The molecule has 308 valence electrons. The number of hydrogen-bond acceptors (Lipinski definition) is 20. The molecule has 0 aliphatic carbocycles. The molecule has 3 aromatic rings. The number of alkyl halides is 2. The van der Waals surface area contributed by atoms with Crippen molar-refractivity contribution < 1.29 is 69.3 Å². The van der Waals surface area contributed by atoms with Crippen LogP contribution in [0.15, 0.2) is 18.6 Å². The number of aryl methyl sites for hydroxylation is 1. The van der Waals surface area contributed by atoms with Crippen LogP contribution >= 0.6 is 23.2 Å². The summed E-state index contributed by atoms with van der Waals surface area (Å²) >= 11 is 12.1. The third-order valence-electron chi connectivity index (χ3n) is 9.32. The van der Waals surface area contributed by atoms with Crippen molar-refractivity contribution >= 4 is 23.2 Å². The average molecular weight is 827 g/mol. The van der Waals surface area contributed by atoms with Crippen LogP contribution in [0.5, 0.6) is 0 Å². The Bertz CT molecular complexity index is 1660. The largest absolute Gasteiger partial charge is 0.394 e. The number of aliphatic hydroxyl groups is 8. The first-order chi connectivity index (χ1) is 26.4. The van der Waals surface area contributed by atoms with Crippen LogP contribution in [0.4, 0.5) is 0 Å². The Morgan fingerprint density at radius 2 is 1.27 bits per heavy atom. The highest BCUT2D eigenvalue weighted by Crippen LogP contribution is 2.38. The Balaban J connectivity index is 0.972. The highest BCUT2D eigenvalue weighted by molar-refractivity contribution is 6.21. The summed E-state index contributed by atoms with van der Waals surface area (Å²) in [5, 5.41) is 106. The first kappa shape index (κ1) is 42.1. The van der Waals surface area contributed by atoms with Crippen LogP contribution in [0.1, 0.15) is 30.4 Å². The van der Waals surface area contributed by atoms with Crippen molar-refractivity contribution in [3.05, 3.63) is 35.7 Å². The summed E-state index contributed by atoms with van der Waals surface area (Å²) in [7, 11) is 0. The molecule has 14 atom stereocenters. The molecule has 0 saturated carbocycles. The van der Waals surface area contributed by atoms with Crippen molar-refractivity contribution in [3.63, 3.8) is 0 Å². The molecule has 25 heteroatoms. The van der Waals surface area contributed by atoms with Gasteiger partial charge in [0.1, 0.15) is 78.1 Å². The molecule has 0 radical (unpaired) electrons. The number of ether oxygens (including phenoxy) is 6. The molecule has 3 aromatic heterocycles. The van der Waals surface area contributed by atoms with Gasteiger partial charge in [0.2, 0.25) is 5.79 Å². The second-order valence-corrected chi connectivity index (χ2v) is 14.2. The Labute approximate surface area is 322 Å². The topological polar surface area (TPSA) is 309 Å². The molecule has 0 aromatic carbocycles. The Hall–Kier alpha value is -2.56. The van der Waals surface area contributed by atoms with Crippen LogP contribution in [-0.2, 0) is 67.9 Å². The Kier molecular flexibility index (Phi) is 14.0. The minimum absolute atomic E-state index is 0.00431. The van der Waals surface area contributed by atoms with Gasteiger partial charge in [-0.15, -0.1) is 38.5 Å². The molecule has 0 amide bonds. The molecule has 0 spiro atoms. The lowest BCUT2D eigenvalue weighted by Crippen LogP contribution is -2.61. The van der Waals surface area contributed by atoms with Gasteiger partial charge in [0.25, 0.3) is 0 Å². The molecule has 3 fully saturated rings. The monoisotopic (exact) mass is 825 g/mol. The molecule has 0 bridgehead atoms. The third kappa shape index (κ3) is 9.44. The van der Waals surface area contributed by atoms with Crippen LogP contribution in [0.2, 0.25) is 0 Å². The van der Waals surface area contributed by atoms with Gasteiger partial charge in [-0.1, -0.05) is 22.6 Å². The Morgan fingerprint density at radius 3 is 1.89 bits per heavy atom. The fourth-order valence-corrected chi connectivity index (χ4v) is 6.88. The SMILES string of the molecule is CCCn1cc(CO[C@H]2O[C@H](Cn3cc(COCc4cn(C[C@H]5O[C@@](CCl)(O[C@H]6O[C@H](CO)[C@H](Cl)[C@H](O)[C@H]6O)[C@@H](O)[C@@H]5O)nn4)nn3)[C@@H](O)[C@H](O)[C@@H]2O)nn1. The van der Waals surface area contributed by atoms with E-state index in [9.17, 15) is 40.9 Å². The number of hydrogen-bond donors (Lipinski definition) is 8. The zero-order valence-corrected chi connectivity index (χ0v) is 30.9. The summed E-state index contributed by atoms with van der Waals surface area (Å²) in [6.07, 6.45) is -11.5. The molecule has 55 heavy (non-hydrogen) atoms. The minimum Gasteiger partial charge on any atom is -0.394 e. The van der Waals surface area contributed by atoms with Crippen molar-refractivity contribution in [2.75, 3.05) is 12.5 Å². The van der Waals surface area contributed by atoms with Crippen LogP contribution in [0.25, 0.3) is 0 Å². The maximum Gasteiger partial charge on any atom is 0.214 e. The zero-order chi connectivity index (χ0) is 39.4. The van der Waals surface area contributed by atoms with E-state index in [-0.39, 0.29) is 32.9 Å². The molecule has 6 heterocycles. The molecular weight excluding hydrogens is 781 g/mol. The van der Waals surface area contributed by atoms with Gasteiger partial charge in [-0.25, -0.2) is 9.36 Å². The number of rotatable bonds is 17. The van der Waals surface area contributed by atoms with Gasteiger partial charge in [-0.3, -0.25) is 4.68 Å². The minimum atomic E-state index is -2.07. The molecule has 3 aliphatic rings. The van der Waals surface area contributed by atoms with E-state index in [4.69, 9.17) is 51.6 Å². The maximum absolute atomic E-state index is 10.9. The lowest BCUT2D eigenvalue weighted by atomic mass is 9.99. The van der Waals surface area contributed by atoms with Gasteiger partial charge in [0.05, 0.1) is 69.4 Å². The molecule has 8 N–H and O–H groups in total. The normalized spacial score (nSPS) is 36.8. The van der Waals surface area contributed by atoms with Crippen LogP contribution in [0, 0.1) is 0 Å². The first-order valence-corrected chi connectivity index (χ1v) is 18.4. The van der Waals surface area contributed by atoms with Crippen LogP contribution in [0.3, 0.4) is 0 Å². The van der Waals surface area contributed by atoms with Crippen LogP contribution < -0.4 is 0 Å². The highest BCUT2D eigenvalue weighted by atomic mass is 35.5. The fraction of sp³-hybridized carbons (Fsp3) is 0.800. The number of halogens is 2. The Morgan fingerprint density at radius 1 is 0.709 bits per heavy atom. The average Bonchev–Trinajstić information content (AvgIpc) is 3.98. The van der Waals surface area contributed by atoms with E-state index in [1.54, 1.807) is 17.1 Å². The quantitative estimate of drug-likeness (QED) is 0.0598. The summed E-state index contributed by atoms with van der Waals surface area (Å²) < 4.78 is 38.6. The number of aliphatic hydroxyl groups excluding tert-OH is 8. The van der Waals surface area contributed by atoms with E-state index in [0.29, 0.717) is 23.6 Å². The van der Waals surface area contributed by atoms with E-state index in [0.717, 1.165) is 6.42 Å². The van der Waals surface area contributed by atoms with Gasteiger partial charge in [-0.05, 0) is 6.42 Å². The fourth-order valence-electron chi connectivity index (χ4n) is 6.31. The van der Waals surface area contributed by atoms with Crippen molar-refractivity contribution in [2.45, 2.75) is 138 Å². The highest BCUT2D eigenvalue weighted by Gasteiger charge is 2.58. The third-order valence-corrected chi connectivity index (χ3v) is 10.2. The van der Waals surface area contributed by atoms with E-state index < -0.39 is 97.3 Å². The van der Waals surface area contributed by atoms with Gasteiger partial charge >= 0.3 is 0 Å². The second-order valence-electron chi connectivity index (χ2n) is 13.5. The summed E-state index contributed by atoms with van der Waals surface area (Å²) in [4.78, 5) is 0. The summed E-state index contributed by atoms with van der Waals surface area (Å²) in [5.74, 6) is -2.59. The van der Waals surface area contributed by atoms with E-state index in [2.05, 4.69) is 30.9 Å². The van der Waals surface area contributed by atoms with E-state index in [1.165, 1.54) is 15.6 Å². The molecule has 23 nitrogen and oxygen atoms in total. The van der Waals surface area contributed by atoms with Crippen molar-refractivity contribution in [1.29, 1.82) is 0 Å². The lowest BCUT2D eigenvalue weighted by Gasteiger charge is -2.43. The van der Waals surface area contributed by atoms with Gasteiger partial charge in [0, 0.05) is 6.54 Å². The second kappa shape index (κ2) is 18.4. The number of aromatic nitrogens is 9. The summed E-state index contributed by atoms with van der Waals surface area (Å²) in [6.45, 7) is 1.89. The predicted molar refractivity (Wildman–Crippen MR) is 179 cm³/mol. The van der Waals surface area contributed by atoms with Gasteiger partial charge < -0.3 is 69.3 Å². The van der Waals surface area contributed by atoms with Gasteiger partial charge in [-0.2, -0.15) is 0 Å². The molecule has 0 unspecified atom stereocenters.